The minimum absolute atomic E-state index is 0.264. The van der Waals surface area contributed by atoms with Gasteiger partial charge in [-0.1, -0.05) is 6.07 Å². The van der Waals surface area contributed by atoms with Gasteiger partial charge in [0.2, 0.25) is 5.75 Å². The summed E-state index contributed by atoms with van der Waals surface area (Å²) in [6.07, 6.45) is 0. The standard InChI is InChI=1S/C17H18FNO5/c1-21-14-8-12(9-15(22-2)17(14)23-3)19-16(20)10-24-13-6-4-5-11(18)7-13/h4-9H,10H2,1-3H3,(H,19,20). The van der Waals surface area contributed by atoms with Crippen LogP contribution in [0.1, 0.15) is 0 Å². The lowest BCUT2D eigenvalue weighted by Gasteiger charge is -2.14. The SMILES string of the molecule is COc1cc(NC(=O)COc2cccc(F)c2)cc(OC)c1OC. The highest BCUT2D eigenvalue weighted by Gasteiger charge is 2.14. The zero-order valence-corrected chi connectivity index (χ0v) is 13.6. The van der Waals surface area contributed by atoms with Crippen LogP contribution >= 0.6 is 0 Å². The van der Waals surface area contributed by atoms with Crippen LogP contribution in [0.25, 0.3) is 0 Å². The highest BCUT2D eigenvalue weighted by Crippen LogP contribution is 2.39. The van der Waals surface area contributed by atoms with Crippen LogP contribution in [0.4, 0.5) is 10.1 Å². The van der Waals surface area contributed by atoms with Gasteiger partial charge in [-0.3, -0.25) is 4.79 Å². The number of nitrogens with one attached hydrogen (secondary N) is 1. The van der Waals surface area contributed by atoms with Crippen molar-refractivity contribution < 1.29 is 28.1 Å². The van der Waals surface area contributed by atoms with Crippen molar-refractivity contribution in [1.29, 1.82) is 0 Å². The van der Waals surface area contributed by atoms with E-state index >= 15 is 0 Å². The molecule has 0 aliphatic heterocycles. The summed E-state index contributed by atoms with van der Waals surface area (Å²) in [6.45, 7) is -0.264. The van der Waals surface area contributed by atoms with E-state index in [2.05, 4.69) is 5.32 Å². The Morgan fingerprint density at radius 2 is 1.71 bits per heavy atom. The van der Waals surface area contributed by atoms with Gasteiger partial charge in [-0.15, -0.1) is 0 Å². The smallest absolute Gasteiger partial charge is 0.262 e. The van der Waals surface area contributed by atoms with Crippen LogP contribution < -0.4 is 24.3 Å². The Bertz CT molecular complexity index is 695. The van der Waals surface area contributed by atoms with Crippen LogP contribution in [-0.2, 0) is 4.79 Å². The van der Waals surface area contributed by atoms with Gasteiger partial charge in [0.15, 0.2) is 18.1 Å². The average Bonchev–Trinajstić information content (AvgIpc) is 2.59. The predicted octanol–water partition coefficient (Wildman–Crippen LogP) is 2.87. The Balaban J connectivity index is 2.05. The van der Waals surface area contributed by atoms with Crippen molar-refractivity contribution in [3.05, 3.63) is 42.2 Å². The van der Waals surface area contributed by atoms with Gasteiger partial charge in [0, 0.05) is 23.9 Å². The number of halogens is 1. The quantitative estimate of drug-likeness (QED) is 0.843. The fourth-order valence-corrected chi connectivity index (χ4v) is 2.06. The molecule has 1 amide bonds. The maximum atomic E-state index is 13.1. The van der Waals surface area contributed by atoms with Gasteiger partial charge in [0.1, 0.15) is 11.6 Å². The molecular formula is C17H18FNO5. The van der Waals surface area contributed by atoms with Crippen LogP contribution in [-0.4, -0.2) is 33.8 Å². The second-order valence-electron chi connectivity index (χ2n) is 4.71. The van der Waals surface area contributed by atoms with Gasteiger partial charge in [-0.05, 0) is 12.1 Å². The molecule has 0 aromatic heterocycles. The van der Waals surface area contributed by atoms with Crippen molar-refractivity contribution in [3.63, 3.8) is 0 Å². The molecule has 0 saturated heterocycles. The molecule has 0 radical (unpaired) electrons. The third-order valence-corrected chi connectivity index (χ3v) is 3.11. The van der Waals surface area contributed by atoms with Crippen LogP contribution in [0.15, 0.2) is 36.4 Å². The first kappa shape index (κ1) is 17.4. The monoisotopic (exact) mass is 335 g/mol. The summed E-state index contributed by atoms with van der Waals surface area (Å²) in [5.41, 5.74) is 0.456. The van der Waals surface area contributed by atoms with Crippen molar-refractivity contribution in [2.45, 2.75) is 0 Å². The van der Waals surface area contributed by atoms with Crippen LogP contribution in [0, 0.1) is 5.82 Å². The molecular weight excluding hydrogens is 317 g/mol. The lowest BCUT2D eigenvalue weighted by Crippen LogP contribution is -2.20. The zero-order chi connectivity index (χ0) is 17.5. The summed E-state index contributed by atoms with van der Waals surface area (Å²) in [4.78, 5) is 12.0. The molecule has 2 aromatic rings. The minimum atomic E-state index is -0.433. The Hall–Kier alpha value is -2.96. The van der Waals surface area contributed by atoms with E-state index < -0.39 is 11.7 Å². The Morgan fingerprint density at radius 3 is 2.25 bits per heavy atom. The normalized spacial score (nSPS) is 10.0. The number of benzene rings is 2. The maximum Gasteiger partial charge on any atom is 0.262 e. The molecule has 0 aliphatic rings. The lowest BCUT2D eigenvalue weighted by atomic mass is 10.2. The third-order valence-electron chi connectivity index (χ3n) is 3.11. The second kappa shape index (κ2) is 8.05. The van der Waals surface area contributed by atoms with Crippen molar-refractivity contribution in [2.24, 2.45) is 0 Å². The van der Waals surface area contributed by atoms with Gasteiger partial charge in [0.05, 0.1) is 21.3 Å². The van der Waals surface area contributed by atoms with Crippen molar-refractivity contribution in [1.82, 2.24) is 0 Å². The number of rotatable bonds is 7. The molecule has 0 saturated carbocycles. The summed E-state index contributed by atoms with van der Waals surface area (Å²) in [7, 11) is 4.46. The molecule has 7 heteroatoms. The van der Waals surface area contributed by atoms with E-state index in [1.807, 2.05) is 0 Å². The van der Waals surface area contributed by atoms with Crippen LogP contribution in [0.5, 0.6) is 23.0 Å². The Morgan fingerprint density at radius 1 is 1.04 bits per heavy atom. The number of anilines is 1. The molecule has 0 unspecified atom stereocenters. The van der Waals surface area contributed by atoms with E-state index in [9.17, 15) is 9.18 Å². The summed E-state index contributed by atoms with van der Waals surface area (Å²) >= 11 is 0. The molecule has 2 aromatic carbocycles. The first-order valence-corrected chi connectivity index (χ1v) is 7.05. The Kier molecular flexibility index (Phi) is 5.83. The zero-order valence-electron chi connectivity index (χ0n) is 13.6. The molecule has 0 aliphatic carbocycles. The largest absolute Gasteiger partial charge is 0.493 e. The van der Waals surface area contributed by atoms with Crippen LogP contribution in [0.2, 0.25) is 0 Å². The number of hydrogen-bond acceptors (Lipinski definition) is 5. The lowest BCUT2D eigenvalue weighted by molar-refractivity contribution is -0.118. The van der Waals surface area contributed by atoms with E-state index in [1.54, 1.807) is 18.2 Å². The molecule has 128 valence electrons. The third kappa shape index (κ3) is 4.28. The number of carbonyl (C=O) groups excluding carboxylic acids is 1. The maximum absolute atomic E-state index is 13.1. The van der Waals surface area contributed by atoms with E-state index in [4.69, 9.17) is 18.9 Å². The van der Waals surface area contributed by atoms with Crippen molar-refractivity contribution in [2.75, 3.05) is 33.3 Å². The van der Waals surface area contributed by atoms with E-state index in [-0.39, 0.29) is 12.4 Å². The fraction of sp³-hybridized carbons (Fsp3) is 0.235. The van der Waals surface area contributed by atoms with E-state index in [1.165, 1.54) is 39.5 Å². The summed E-state index contributed by atoms with van der Waals surface area (Å²) < 4.78 is 33.9. The highest BCUT2D eigenvalue weighted by atomic mass is 19.1. The molecule has 0 spiro atoms. The molecule has 0 heterocycles. The molecule has 2 rings (SSSR count). The summed E-state index contributed by atoms with van der Waals surface area (Å²) in [5.74, 6) is 0.687. The molecule has 0 bridgehead atoms. The number of ether oxygens (including phenoxy) is 4. The number of amides is 1. The van der Waals surface area contributed by atoms with E-state index in [0.717, 1.165) is 0 Å². The average molecular weight is 335 g/mol. The number of hydrogen-bond donors (Lipinski definition) is 1. The van der Waals surface area contributed by atoms with Gasteiger partial charge in [-0.2, -0.15) is 0 Å². The minimum Gasteiger partial charge on any atom is -0.493 e. The van der Waals surface area contributed by atoms with Crippen molar-refractivity contribution >= 4 is 11.6 Å². The summed E-state index contributed by atoms with van der Waals surface area (Å²) in [5, 5.41) is 2.65. The van der Waals surface area contributed by atoms with Crippen molar-refractivity contribution in [3.8, 4) is 23.0 Å². The summed E-state index contributed by atoms with van der Waals surface area (Å²) in [6, 6.07) is 8.76. The number of methoxy groups -OCH3 is 3. The molecule has 0 fully saturated rings. The van der Waals surface area contributed by atoms with Gasteiger partial charge >= 0.3 is 0 Å². The first-order chi connectivity index (χ1) is 11.6. The van der Waals surface area contributed by atoms with E-state index in [0.29, 0.717) is 22.9 Å². The second-order valence-corrected chi connectivity index (χ2v) is 4.71. The molecule has 1 N–H and O–H groups in total. The van der Waals surface area contributed by atoms with Gasteiger partial charge in [0.25, 0.3) is 5.91 Å². The molecule has 6 nitrogen and oxygen atoms in total. The molecule has 24 heavy (non-hydrogen) atoms. The topological polar surface area (TPSA) is 66.0 Å². The Labute approximate surface area is 139 Å². The molecule has 0 atom stereocenters. The van der Waals surface area contributed by atoms with Crippen LogP contribution in [0.3, 0.4) is 0 Å². The number of carbonyl (C=O) groups is 1. The fourth-order valence-electron chi connectivity index (χ4n) is 2.06. The predicted molar refractivity (Wildman–Crippen MR) is 86.6 cm³/mol. The first-order valence-electron chi connectivity index (χ1n) is 7.05. The highest BCUT2D eigenvalue weighted by molar-refractivity contribution is 5.92. The van der Waals surface area contributed by atoms with Gasteiger partial charge < -0.3 is 24.3 Å². The van der Waals surface area contributed by atoms with Gasteiger partial charge in [-0.25, -0.2) is 4.39 Å².